The van der Waals surface area contributed by atoms with Crippen LogP contribution in [0.1, 0.15) is 58.2 Å². The van der Waals surface area contributed by atoms with E-state index in [1.165, 1.54) is 12.1 Å². The zero-order chi connectivity index (χ0) is 20.2. The Kier molecular flexibility index (Phi) is 4.41. The summed E-state index contributed by atoms with van der Waals surface area (Å²) in [5, 5.41) is 0. The van der Waals surface area contributed by atoms with Gasteiger partial charge in [-0.3, -0.25) is 0 Å². The Balaban J connectivity index is 2.31. The van der Waals surface area contributed by atoms with E-state index < -0.39 is 11.7 Å². The Morgan fingerprint density at radius 2 is 1.44 bits per heavy atom. The number of nitrogens with zero attached hydrogens (tertiary/aromatic N) is 1. The molecule has 3 aromatic rings. The first-order valence-electron chi connectivity index (χ1n) is 8.90. The molecule has 1 aromatic heterocycles. The second-order valence-corrected chi connectivity index (χ2v) is 8.93. The summed E-state index contributed by atoms with van der Waals surface area (Å²) in [5.41, 5.74) is 2.00. The molecule has 0 aliphatic carbocycles. The predicted octanol–water partition coefficient (Wildman–Crippen LogP) is 7.11. The van der Waals surface area contributed by atoms with Crippen LogP contribution in [0.3, 0.4) is 0 Å². The van der Waals surface area contributed by atoms with E-state index in [0.29, 0.717) is 11.1 Å². The molecule has 0 aliphatic heterocycles. The molecule has 0 saturated heterocycles. The molecular weight excluding hydrogens is 351 g/mol. The monoisotopic (exact) mass is 375 g/mol. The molecule has 5 heteroatoms. The fourth-order valence-electron chi connectivity index (χ4n) is 3.05. The van der Waals surface area contributed by atoms with Crippen molar-refractivity contribution in [2.24, 2.45) is 0 Å². The molecule has 144 valence electrons. The van der Waals surface area contributed by atoms with Crippen LogP contribution >= 0.6 is 0 Å². The van der Waals surface area contributed by atoms with E-state index in [1.54, 1.807) is 6.07 Å². The second-order valence-electron chi connectivity index (χ2n) is 8.93. The molecule has 0 bridgehead atoms. The molecule has 0 radical (unpaired) electrons. The third-order valence-corrected chi connectivity index (χ3v) is 4.63. The normalized spacial score (nSPS) is 13.4. The van der Waals surface area contributed by atoms with Crippen LogP contribution in [0.15, 0.2) is 40.8 Å². The van der Waals surface area contributed by atoms with Crippen molar-refractivity contribution in [2.45, 2.75) is 58.5 Å². The van der Waals surface area contributed by atoms with Crippen LogP contribution in [0.25, 0.3) is 22.6 Å². The second kappa shape index (κ2) is 6.11. The minimum absolute atomic E-state index is 0.00511. The highest BCUT2D eigenvalue weighted by Gasteiger charge is 2.35. The maximum atomic E-state index is 13.4. The van der Waals surface area contributed by atoms with Gasteiger partial charge in [0.25, 0.3) is 0 Å². The molecule has 0 spiro atoms. The topological polar surface area (TPSA) is 26.0 Å². The minimum atomic E-state index is -4.47. The highest BCUT2D eigenvalue weighted by molar-refractivity contribution is 5.82. The van der Waals surface area contributed by atoms with Gasteiger partial charge in [0, 0.05) is 11.1 Å². The third-order valence-electron chi connectivity index (χ3n) is 4.63. The van der Waals surface area contributed by atoms with E-state index in [2.05, 4.69) is 52.6 Å². The summed E-state index contributed by atoms with van der Waals surface area (Å²) in [5.74, 6) is -0.00511. The zero-order valence-electron chi connectivity index (χ0n) is 16.5. The molecule has 27 heavy (non-hydrogen) atoms. The molecule has 0 N–H and O–H groups in total. The lowest BCUT2D eigenvalue weighted by atomic mass is 9.80. The van der Waals surface area contributed by atoms with Crippen LogP contribution in [0.2, 0.25) is 0 Å². The van der Waals surface area contributed by atoms with E-state index in [4.69, 9.17) is 4.42 Å². The summed E-state index contributed by atoms with van der Waals surface area (Å²) < 4.78 is 46.1. The number of hydrogen-bond acceptors (Lipinski definition) is 2. The van der Waals surface area contributed by atoms with Crippen molar-refractivity contribution in [3.05, 3.63) is 53.1 Å². The molecule has 0 unspecified atom stereocenters. The summed E-state index contributed by atoms with van der Waals surface area (Å²) in [4.78, 5) is 4.44. The quantitative estimate of drug-likeness (QED) is 0.453. The van der Waals surface area contributed by atoms with Crippen LogP contribution < -0.4 is 0 Å². The SMILES string of the molecule is CC(C)(C)c1cc(C(C)(C)C)c2oc(-c3ccccc3C(F)(F)F)nc2c1. The maximum Gasteiger partial charge on any atom is 0.417 e. The van der Waals surface area contributed by atoms with Gasteiger partial charge in [-0.1, -0.05) is 59.7 Å². The summed E-state index contributed by atoms with van der Waals surface area (Å²) in [7, 11) is 0. The van der Waals surface area contributed by atoms with Crippen LogP contribution in [-0.4, -0.2) is 4.98 Å². The Morgan fingerprint density at radius 1 is 0.815 bits per heavy atom. The van der Waals surface area contributed by atoms with E-state index in [0.717, 1.165) is 17.2 Å². The molecule has 0 amide bonds. The zero-order valence-corrected chi connectivity index (χ0v) is 16.5. The lowest BCUT2D eigenvalue weighted by molar-refractivity contribution is -0.137. The minimum Gasteiger partial charge on any atom is -0.436 e. The average Bonchev–Trinajstić information content (AvgIpc) is 2.95. The van der Waals surface area contributed by atoms with Gasteiger partial charge in [-0.15, -0.1) is 0 Å². The largest absolute Gasteiger partial charge is 0.436 e. The predicted molar refractivity (Wildman–Crippen MR) is 102 cm³/mol. The maximum absolute atomic E-state index is 13.4. The Hall–Kier alpha value is -2.30. The van der Waals surface area contributed by atoms with E-state index in [9.17, 15) is 13.2 Å². The fourth-order valence-corrected chi connectivity index (χ4v) is 3.05. The van der Waals surface area contributed by atoms with Gasteiger partial charge in [0.1, 0.15) is 5.52 Å². The van der Waals surface area contributed by atoms with Crippen molar-refractivity contribution in [1.82, 2.24) is 4.98 Å². The molecular formula is C22H24F3NO. The van der Waals surface area contributed by atoms with Crippen molar-refractivity contribution >= 4 is 11.1 Å². The number of benzene rings is 2. The molecule has 0 fully saturated rings. The van der Waals surface area contributed by atoms with Crippen molar-refractivity contribution in [3.8, 4) is 11.5 Å². The van der Waals surface area contributed by atoms with Crippen molar-refractivity contribution in [1.29, 1.82) is 0 Å². The van der Waals surface area contributed by atoms with Crippen molar-refractivity contribution in [3.63, 3.8) is 0 Å². The molecule has 2 nitrogen and oxygen atoms in total. The van der Waals surface area contributed by atoms with E-state index in [1.807, 2.05) is 6.07 Å². The number of aromatic nitrogens is 1. The van der Waals surface area contributed by atoms with Gasteiger partial charge in [0.2, 0.25) is 5.89 Å². The van der Waals surface area contributed by atoms with E-state index >= 15 is 0 Å². The molecule has 3 rings (SSSR count). The van der Waals surface area contributed by atoms with Gasteiger partial charge in [-0.25, -0.2) is 4.98 Å². The molecule has 1 heterocycles. The number of fused-ring (bicyclic) bond motifs is 1. The number of hydrogen-bond donors (Lipinski definition) is 0. The standard InChI is InChI=1S/C22H24F3NO/c1-20(2,3)13-11-16(21(4,5)6)18-17(12-13)26-19(27-18)14-9-7-8-10-15(14)22(23,24)25/h7-12H,1-6H3. The van der Waals surface area contributed by atoms with Crippen molar-refractivity contribution < 1.29 is 17.6 Å². The molecule has 0 saturated carbocycles. The molecule has 0 atom stereocenters. The first-order chi connectivity index (χ1) is 12.3. The Morgan fingerprint density at radius 3 is 2.00 bits per heavy atom. The van der Waals surface area contributed by atoms with Crippen LogP contribution in [0.5, 0.6) is 0 Å². The summed E-state index contributed by atoms with van der Waals surface area (Å²) in [6.45, 7) is 12.5. The van der Waals surface area contributed by atoms with Gasteiger partial charge in [-0.2, -0.15) is 13.2 Å². The fraction of sp³-hybridized carbons (Fsp3) is 0.409. The summed E-state index contributed by atoms with van der Waals surface area (Å²) in [6, 6.07) is 9.36. The van der Waals surface area contributed by atoms with Gasteiger partial charge >= 0.3 is 6.18 Å². The Labute approximate surface area is 157 Å². The molecule has 0 aliphatic rings. The third kappa shape index (κ3) is 3.73. The summed E-state index contributed by atoms with van der Waals surface area (Å²) >= 11 is 0. The highest BCUT2D eigenvalue weighted by atomic mass is 19.4. The van der Waals surface area contributed by atoms with Crippen molar-refractivity contribution in [2.75, 3.05) is 0 Å². The number of alkyl halides is 3. The average molecular weight is 375 g/mol. The summed E-state index contributed by atoms with van der Waals surface area (Å²) in [6.07, 6.45) is -4.47. The van der Waals surface area contributed by atoms with E-state index in [-0.39, 0.29) is 22.3 Å². The van der Waals surface area contributed by atoms with Crippen LogP contribution in [0, 0.1) is 0 Å². The first kappa shape index (κ1) is 19.5. The highest BCUT2D eigenvalue weighted by Crippen LogP contribution is 2.40. The number of rotatable bonds is 1. The van der Waals surface area contributed by atoms with Crippen LogP contribution in [-0.2, 0) is 17.0 Å². The number of oxazole rings is 1. The van der Waals surface area contributed by atoms with Gasteiger partial charge in [0.05, 0.1) is 5.56 Å². The molecule has 2 aromatic carbocycles. The lowest BCUT2D eigenvalue weighted by Gasteiger charge is -2.24. The van der Waals surface area contributed by atoms with Gasteiger partial charge < -0.3 is 4.42 Å². The smallest absolute Gasteiger partial charge is 0.417 e. The lowest BCUT2D eigenvalue weighted by Crippen LogP contribution is -2.16. The van der Waals surface area contributed by atoms with Gasteiger partial charge in [0.15, 0.2) is 5.58 Å². The Bertz CT molecular complexity index is 985. The number of halogens is 3. The first-order valence-corrected chi connectivity index (χ1v) is 8.90. The van der Waals surface area contributed by atoms with Crippen LogP contribution in [0.4, 0.5) is 13.2 Å². The van der Waals surface area contributed by atoms with Gasteiger partial charge in [-0.05, 0) is 34.6 Å².